The highest BCUT2D eigenvalue weighted by Crippen LogP contribution is 2.27. The number of fused-ring (bicyclic) bond motifs is 1. The van der Waals surface area contributed by atoms with Crippen molar-refractivity contribution in [2.24, 2.45) is 0 Å². The van der Waals surface area contributed by atoms with Gasteiger partial charge in [-0.25, -0.2) is 9.50 Å². The fourth-order valence-corrected chi connectivity index (χ4v) is 3.72. The topological polar surface area (TPSA) is 59.2 Å². The third-order valence-corrected chi connectivity index (χ3v) is 5.15. The monoisotopic (exact) mass is 356 g/mol. The molecule has 5 rings (SSSR count). The molecule has 1 fully saturated rings. The van der Waals surface area contributed by atoms with Crippen molar-refractivity contribution in [2.45, 2.75) is 18.9 Å². The molecule has 0 unspecified atom stereocenters. The Hall–Kier alpha value is -3.12. The summed E-state index contributed by atoms with van der Waals surface area (Å²) in [5, 5.41) is 4.78. The van der Waals surface area contributed by atoms with E-state index < -0.39 is 0 Å². The summed E-state index contributed by atoms with van der Waals surface area (Å²) in [7, 11) is 0. The highest BCUT2D eigenvalue weighted by molar-refractivity contribution is 5.63. The van der Waals surface area contributed by atoms with E-state index >= 15 is 0 Å². The van der Waals surface area contributed by atoms with Crippen molar-refractivity contribution in [1.29, 1.82) is 0 Å². The molecule has 0 bridgehead atoms. The van der Waals surface area contributed by atoms with Crippen LogP contribution >= 0.6 is 0 Å². The van der Waals surface area contributed by atoms with E-state index in [-0.39, 0.29) is 0 Å². The molecule has 134 valence electrons. The summed E-state index contributed by atoms with van der Waals surface area (Å²) in [6.07, 6.45) is 10.5. The molecule has 0 aromatic carbocycles. The van der Waals surface area contributed by atoms with Gasteiger partial charge in [0, 0.05) is 55.6 Å². The van der Waals surface area contributed by atoms with Crippen LogP contribution in [-0.4, -0.2) is 42.6 Å². The van der Waals surface area contributed by atoms with Gasteiger partial charge >= 0.3 is 0 Å². The summed E-state index contributed by atoms with van der Waals surface area (Å²) in [6, 6.07) is 12.3. The first-order valence-electron chi connectivity index (χ1n) is 9.23. The molecule has 4 aromatic rings. The Morgan fingerprint density at radius 1 is 0.889 bits per heavy atom. The molecule has 5 heterocycles. The summed E-state index contributed by atoms with van der Waals surface area (Å²) in [5.74, 6) is 1.33. The Bertz CT molecular complexity index is 1040. The second-order valence-corrected chi connectivity index (χ2v) is 7.00. The number of aromatic nitrogens is 5. The van der Waals surface area contributed by atoms with Crippen LogP contribution in [-0.2, 0) is 6.54 Å². The smallest absolute Gasteiger partial charge is 0.156 e. The predicted octanol–water partition coefficient (Wildman–Crippen LogP) is 3.18. The average Bonchev–Trinajstić information content (AvgIpc) is 3.35. The summed E-state index contributed by atoms with van der Waals surface area (Å²) < 4.78 is 1.90. The van der Waals surface area contributed by atoms with Crippen LogP contribution in [0.15, 0.2) is 67.4 Å². The Balaban J connectivity index is 1.35. The van der Waals surface area contributed by atoms with Crippen LogP contribution in [0, 0.1) is 0 Å². The zero-order valence-corrected chi connectivity index (χ0v) is 14.9. The summed E-state index contributed by atoms with van der Waals surface area (Å²) in [6.45, 7) is 3.03. The Morgan fingerprint density at radius 3 is 2.48 bits per heavy atom. The summed E-state index contributed by atoms with van der Waals surface area (Å²) in [4.78, 5) is 15.4. The van der Waals surface area contributed by atoms with Gasteiger partial charge in [-0.3, -0.25) is 14.9 Å². The molecule has 0 N–H and O–H groups in total. The maximum atomic E-state index is 4.78. The molecule has 0 radical (unpaired) electrons. The second kappa shape index (κ2) is 6.89. The minimum Gasteiger partial charge on any atom is -0.298 e. The maximum absolute atomic E-state index is 4.78. The largest absolute Gasteiger partial charge is 0.298 e. The molecule has 1 atom stereocenters. The van der Waals surface area contributed by atoms with Gasteiger partial charge in [-0.1, -0.05) is 0 Å². The molecule has 0 amide bonds. The van der Waals surface area contributed by atoms with Crippen molar-refractivity contribution < 1.29 is 0 Å². The van der Waals surface area contributed by atoms with Gasteiger partial charge in [-0.15, -0.1) is 0 Å². The van der Waals surface area contributed by atoms with Gasteiger partial charge in [0.1, 0.15) is 0 Å². The first-order valence-corrected chi connectivity index (χ1v) is 9.23. The molecular formula is C21H20N6. The zero-order chi connectivity index (χ0) is 18.1. The lowest BCUT2D eigenvalue weighted by Crippen LogP contribution is -2.20. The normalized spacial score (nSPS) is 17.6. The van der Waals surface area contributed by atoms with Crippen LogP contribution in [0.4, 0.5) is 0 Å². The van der Waals surface area contributed by atoms with Crippen LogP contribution in [0.3, 0.4) is 0 Å². The van der Waals surface area contributed by atoms with Gasteiger partial charge in [0.25, 0.3) is 0 Å². The third kappa shape index (κ3) is 3.31. The molecule has 1 aliphatic heterocycles. The molecular weight excluding hydrogens is 336 g/mol. The van der Waals surface area contributed by atoms with Crippen molar-refractivity contribution in [3.8, 4) is 11.1 Å². The first kappa shape index (κ1) is 16.1. The minimum absolute atomic E-state index is 0.385. The number of hydrogen-bond acceptors (Lipinski definition) is 5. The Labute approximate surface area is 157 Å². The molecule has 0 spiro atoms. The van der Waals surface area contributed by atoms with Gasteiger partial charge in [0.15, 0.2) is 11.5 Å². The predicted molar refractivity (Wildman–Crippen MR) is 103 cm³/mol. The van der Waals surface area contributed by atoms with E-state index in [4.69, 9.17) is 10.1 Å². The van der Waals surface area contributed by atoms with Gasteiger partial charge < -0.3 is 0 Å². The highest BCUT2D eigenvalue weighted by Gasteiger charge is 2.27. The Morgan fingerprint density at radius 2 is 1.67 bits per heavy atom. The van der Waals surface area contributed by atoms with E-state index in [2.05, 4.69) is 33.1 Å². The van der Waals surface area contributed by atoms with E-state index in [0.29, 0.717) is 5.92 Å². The SMILES string of the molecule is c1cc(CN2CC[C@H](c3nc4ccc(-c5ccncc5)cn4n3)C2)ccn1. The maximum Gasteiger partial charge on any atom is 0.156 e. The lowest BCUT2D eigenvalue weighted by Gasteiger charge is -2.14. The van der Waals surface area contributed by atoms with E-state index in [0.717, 1.165) is 48.7 Å². The molecule has 27 heavy (non-hydrogen) atoms. The number of nitrogens with zero attached hydrogens (tertiary/aromatic N) is 6. The zero-order valence-electron chi connectivity index (χ0n) is 14.9. The number of hydrogen-bond donors (Lipinski definition) is 0. The van der Waals surface area contributed by atoms with Crippen molar-refractivity contribution >= 4 is 5.65 Å². The van der Waals surface area contributed by atoms with Crippen molar-refractivity contribution in [3.63, 3.8) is 0 Å². The van der Waals surface area contributed by atoms with E-state index in [9.17, 15) is 0 Å². The average molecular weight is 356 g/mol. The number of pyridine rings is 3. The van der Waals surface area contributed by atoms with Crippen molar-refractivity contribution in [1.82, 2.24) is 29.5 Å². The highest BCUT2D eigenvalue weighted by atomic mass is 15.3. The first-order chi connectivity index (χ1) is 13.3. The fourth-order valence-electron chi connectivity index (χ4n) is 3.72. The standard InChI is InChI=1S/C21H20N6/c1-2-20-24-21(25-27(20)15-18(1)17-5-10-23-11-6-17)19-7-12-26(14-19)13-16-3-8-22-9-4-16/h1-6,8-11,15,19H,7,12-14H2/t19-/m0/s1. The molecule has 0 aliphatic carbocycles. The minimum atomic E-state index is 0.385. The molecule has 1 aliphatic rings. The van der Waals surface area contributed by atoms with Crippen molar-refractivity contribution in [2.75, 3.05) is 13.1 Å². The lowest BCUT2D eigenvalue weighted by atomic mass is 10.1. The summed E-state index contributed by atoms with van der Waals surface area (Å²) in [5.41, 5.74) is 4.45. The van der Waals surface area contributed by atoms with Gasteiger partial charge in [0.05, 0.1) is 0 Å². The number of rotatable bonds is 4. The quantitative estimate of drug-likeness (QED) is 0.562. The van der Waals surface area contributed by atoms with Crippen LogP contribution in [0.5, 0.6) is 0 Å². The molecule has 1 saturated heterocycles. The van der Waals surface area contributed by atoms with Crippen LogP contribution in [0.1, 0.15) is 23.7 Å². The lowest BCUT2D eigenvalue weighted by molar-refractivity contribution is 0.325. The van der Waals surface area contributed by atoms with Gasteiger partial charge in [0.2, 0.25) is 0 Å². The molecule has 6 heteroatoms. The van der Waals surface area contributed by atoms with Gasteiger partial charge in [-0.05, 0) is 60.5 Å². The van der Waals surface area contributed by atoms with E-state index in [1.165, 1.54) is 5.56 Å². The van der Waals surface area contributed by atoms with E-state index in [1.807, 2.05) is 53.7 Å². The molecule has 6 nitrogen and oxygen atoms in total. The molecule has 4 aromatic heterocycles. The third-order valence-electron chi connectivity index (χ3n) is 5.15. The fraction of sp³-hybridized carbons (Fsp3) is 0.238. The van der Waals surface area contributed by atoms with Gasteiger partial charge in [-0.2, -0.15) is 5.10 Å². The number of likely N-dealkylation sites (tertiary alicyclic amines) is 1. The summed E-state index contributed by atoms with van der Waals surface area (Å²) >= 11 is 0. The van der Waals surface area contributed by atoms with Crippen molar-refractivity contribution in [3.05, 3.63) is 78.8 Å². The van der Waals surface area contributed by atoms with Crippen LogP contribution in [0.25, 0.3) is 16.8 Å². The van der Waals surface area contributed by atoms with Crippen LogP contribution in [0.2, 0.25) is 0 Å². The molecule has 0 saturated carbocycles. The van der Waals surface area contributed by atoms with Crippen LogP contribution < -0.4 is 0 Å². The Kier molecular flexibility index (Phi) is 4.10. The second-order valence-electron chi connectivity index (χ2n) is 7.00. The van der Waals surface area contributed by atoms with E-state index in [1.54, 1.807) is 0 Å².